The number of amides is 3. The number of benzene rings is 1. The van der Waals surface area contributed by atoms with Gasteiger partial charge in [-0.15, -0.1) is 11.3 Å². The van der Waals surface area contributed by atoms with Gasteiger partial charge in [-0.1, -0.05) is 19.4 Å². The molecule has 0 radical (unpaired) electrons. The molecule has 0 aliphatic carbocycles. The Bertz CT molecular complexity index is 1060. The summed E-state index contributed by atoms with van der Waals surface area (Å²) in [7, 11) is 0. The highest BCUT2D eigenvalue weighted by atomic mass is 32.1. The first-order valence-corrected chi connectivity index (χ1v) is 9.87. The lowest BCUT2D eigenvalue weighted by Crippen LogP contribution is -2.30. The monoisotopic (exact) mass is 394 g/mol. The van der Waals surface area contributed by atoms with Gasteiger partial charge in [-0.05, 0) is 36.1 Å². The molecule has 0 spiro atoms. The zero-order valence-corrected chi connectivity index (χ0v) is 16.0. The number of anilines is 1. The maximum Gasteiger partial charge on any atom is 0.261 e. The Kier molecular flexibility index (Phi) is 4.79. The van der Waals surface area contributed by atoms with Crippen molar-refractivity contribution in [2.75, 3.05) is 11.9 Å². The second-order valence-electron chi connectivity index (χ2n) is 6.47. The number of aromatic nitrogens is 2. The van der Waals surface area contributed by atoms with Crippen LogP contribution in [-0.2, 0) is 0 Å². The molecule has 8 heteroatoms. The van der Waals surface area contributed by atoms with Gasteiger partial charge < -0.3 is 5.32 Å². The number of hydrogen-bond donors (Lipinski definition) is 2. The van der Waals surface area contributed by atoms with Crippen molar-refractivity contribution in [1.29, 1.82) is 0 Å². The number of H-pyrrole nitrogens is 1. The van der Waals surface area contributed by atoms with Crippen LogP contribution in [0.4, 0.5) is 5.82 Å². The van der Waals surface area contributed by atoms with E-state index in [9.17, 15) is 14.4 Å². The summed E-state index contributed by atoms with van der Waals surface area (Å²) >= 11 is 1.57. The molecule has 0 unspecified atom stereocenters. The molecule has 7 nitrogen and oxygen atoms in total. The fourth-order valence-corrected chi connectivity index (χ4v) is 3.78. The van der Waals surface area contributed by atoms with E-state index in [-0.39, 0.29) is 23.3 Å². The number of aromatic amines is 1. The molecule has 3 amide bonds. The molecule has 0 atom stereocenters. The van der Waals surface area contributed by atoms with Crippen molar-refractivity contribution in [3.05, 3.63) is 58.5 Å². The molecule has 1 aromatic carbocycles. The highest BCUT2D eigenvalue weighted by molar-refractivity contribution is 7.13. The number of imide groups is 1. The Balaban J connectivity index is 1.52. The van der Waals surface area contributed by atoms with E-state index in [1.54, 1.807) is 23.5 Å². The normalized spacial score (nSPS) is 13.1. The van der Waals surface area contributed by atoms with Gasteiger partial charge in [0.25, 0.3) is 17.7 Å². The minimum Gasteiger partial charge on any atom is -0.305 e. The number of unbranched alkanes of at least 4 members (excludes halogenated alkanes) is 1. The van der Waals surface area contributed by atoms with Crippen LogP contribution in [0.2, 0.25) is 0 Å². The van der Waals surface area contributed by atoms with Crippen molar-refractivity contribution in [3.63, 3.8) is 0 Å². The van der Waals surface area contributed by atoms with E-state index >= 15 is 0 Å². The Morgan fingerprint density at radius 3 is 2.75 bits per heavy atom. The number of fused-ring (bicyclic) bond motifs is 1. The molecule has 2 N–H and O–H groups in total. The Hall–Kier alpha value is -3.26. The van der Waals surface area contributed by atoms with Crippen LogP contribution in [0.3, 0.4) is 0 Å². The predicted octanol–water partition coefficient (Wildman–Crippen LogP) is 3.79. The SMILES string of the molecule is CCCCN1C(=O)c2ccc(C(=O)Nc3cc(-c4cccs4)[nH]n3)cc2C1=O. The minimum atomic E-state index is -0.390. The van der Waals surface area contributed by atoms with Crippen molar-refractivity contribution >= 4 is 34.9 Å². The summed E-state index contributed by atoms with van der Waals surface area (Å²) < 4.78 is 0. The fraction of sp³-hybridized carbons (Fsp3) is 0.200. The Morgan fingerprint density at radius 2 is 2.00 bits per heavy atom. The van der Waals surface area contributed by atoms with Crippen molar-refractivity contribution in [3.8, 4) is 10.6 Å². The molecular formula is C20H18N4O3S. The van der Waals surface area contributed by atoms with Crippen molar-refractivity contribution in [1.82, 2.24) is 15.1 Å². The second kappa shape index (κ2) is 7.40. The lowest BCUT2D eigenvalue weighted by atomic mass is 10.1. The summed E-state index contributed by atoms with van der Waals surface area (Å²) in [4.78, 5) is 39.8. The van der Waals surface area contributed by atoms with E-state index in [2.05, 4.69) is 15.5 Å². The molecule has 1 aliphatic heterocycles. The van der Waals surface area contributed by atoms with Crippen LogP contribution in [0.5, 0.6) is 0 Å². The molecule has 0 bridgehead atoms. The predicted molar refractivity (Wildman–Crippen MR) is 107 cm³/mol. The van der Waals surface area contributed by atoms with Gasteiger partial charge in [0.1, 0.15) is 0 Å². The van der Waals surface area contributed by atoms with Gasteiger partial charge in [0.2, 0.25) is 0 Å². The number of rotatable bonds is 6. The summed E-state index contributed by atoms with van der Waals surface area (Å²) in [6, 6.07) is 10.2. The van der Waals surface area contributed by atoms with Crippen LogP contribution in [-0.4, -0.2) is 39.4 Å². The van der Waals surface area contributed by atoms with Crippen molar-refractivity contribution < 1.29 is 14.4 Å². The molecule has 142 valence electrons. The van der Waals surface area contributed by atoms with Gasteiger partial charge in [0, 0.05) is 18.2 Å². The lowest BCUT2D eigenvalue weighted by Gasteiger charge is -2.12. The van der Waals surface area contributed by atoms with Crippen molar-refractivity contribution in [2.45, 2.75) is 19.8 Å². The maximum absolute atomic E-state index is 12.6. The third-order valence-electron chi connectivity index (χ3n) is 4.57. The van der Waals surface area contributed by atoms with Gasteiger partial charge in [0.05, 0.1) is 21.7 Å². The molecule has 4 rings (SSSR count). The van der Waals surface area contributed by atoms with Crippen LogP contribution in [0.25, 0.3) is 10.6 Å². The number of carbonyl (C=O) groups excluding carboxylic acids is 3. The van der Waals surface area contributed by atoms with Crippen LogP contribution in [0, 0.1) is 0 Å². The maximum atomic E-state index is 12.6. The molecular weight excluding hydrogens is 376 g/mol. The molecule has 0 fully saturated rings. The molecule has 0 saturated heterocycles. The minimum absolute atomic E-state index is 0.273. The van der Waals surface area contributed by atoms with Crippen molar-refractivity contribution in [2.24, 2.45) is 0 Å². The average Bonchev–Trinajstić information content (AvgIpc) is 3.42. The van der Waals surface area contributed by atoms with E-state index in [0.29, 0.717) is 23.5 Å². The van der Waals surface area contributed by atoms with E-state index in [1.165, 1.54) is 17.0 Å². The van der Waals surface area contributed by atoms with E-state index in [0.717, 1.165) is 23.4 Å². The molecule has 28 heavy (non-hydrogen) atoms. The zero-order valence-electron chi connectivity index (χ0n) is 15.2. The van der Waals surface area contributed by atoms with E-state index in [1.807, 2.05) is 24.4 Å². The molecule has 2 aromatic heterocycles. The fourth-order valence-electron chi connectivity index (χ4n) is 3.08. The summed E-state index contributed by atoms with van der Waals surface area (Å²) in [5.74, 6) is -0.642. The zero-order chi connectivity index (χ0) is 19.7. The second-order valence-corrected chi connectivity index (χ2v) is 7.42. The topological polar surface area (TPSA) is 95.2 Å². The summed E-state index contributed by atoms with van der Waals surface area (Å²) in [5.41, 5.74) is 1.73. The quantitative estimate of drug-likeness (QED) is 0.622. The number of carbonyl (C=O) groups is 3. The van der Waals surface area contributed by atoms with Gasteiger partial charge in [0.15, 0.2) is 5.82 Å². The van der Waals surface area contributed by atoms with E-state index < -0.39 is 0 Å². The van der Waals surface area contributed by atoms with Gasteiger partial charge in [-0.2, -0.15) is 5.10 Å². The number of thiophene rings is 1. The summed E-state index contributed by atoms with van der Waals surface area (Å²) in [6.07, 6.45) is 1.64. The van der Waals surface area contributed by atoms with Gasteiger partial charge in [-0.25, -0.2) is 0 Å². The molecule has 1 aliphatic rings. The number of hydrogen-bond acceptors (Lipinski definition) is 5. The molecule has 0 saturated carbocycles. The summed E-state index contributed by atoms with van der Waals surface area (Å²) in [5, 5.41) is 11.7. The van der Waals surface area contributed by atoms with Crippen LogP contribution in [0.1, 0.15) is 50.8 Å². The lowest BCUT2D eigenvalue weighted by molar-refractivity contribution is 0.0652. The Labute approximate surface area is 165 Å². The number of nitrogens with one attached hydrogen (secondary N) is 2. The largest absolute Gasteiger partial charge is 0.305 e. The van der Waals surface area contributed by atoms with Crippen LogP contribution in [0.15, 0.2) is 41.8 Å². The van der Waals surface area contributed by atoms with Crippen LogP contribution >= 0.6 is 11.3 Å². The first-order chi connectivity index (χ1) is 13.6. The highest BCUT2D eigenvalue weighted by Gasteiger charge is 2.35. The Morgan fingerprint density at radius 1 is 1.18 bits per heavy atom. The third kappa shape index (κ3) is 3.22. The number of nitrogens with zero attached hydrogens (tertiary/aromatic N) is 2. The first kappa shape index (κ1) is 18.1. The summed E-state index contributed by atoms with van der Waals surface area (Å²) in [6.45, 7) is 2.39. The van der Waals surface area contributed by atoms with Gasteiger partial charge in [-0.3, -0.25) is 24.4 Å². The highest BCUT2D eigenvalue weighted by Crippen LogP contribution is 2.26. The smallest absolute Gasteiger partial charge is 0.261 e. The standard InChI is InChI=1S/C20H18N4O3S/c1-2-3-8-24-19(26)13-7-6-12(10-14(13)20(24)27)18(25)21-17-11-15(22-23-17)16-5-4-9-28-16/h4-7,9-11H,2-3,8H2,1H3,(H2,21,22,23,25). The first-order valence-electron chi connectivity index (χ1n) is 8.99. The molecule has 3 aromatic rings. The van der Waals surface area contributed by atoms with E-state index in [4.69, 9.17) is 0 Å². The average molecular weight is 394 g/mol. The van der Waals surface area contributed by atoms with Crippen LogP contribution < -0.4 is 5.32 Å². The molecule has 3 heterocycles. The van der Waals surface area contributed by atoms with Gasteiger partial charge >= 0.3 is 0 Å². The third-order valence-corrected chi connectivity index (χ3v) is 5.48.